The van der Waals surface area contributed by atoms with Gasteiger partial charge in [-0.25, -0.2) is 13.2 Å². The van der Waals surface area contributed by atoms with Crippen molar-refractivity contribution in [2.45, 2.75) is 38.0 Å². The highest BCUT2D eigenvalue weighted by molar-refractivity contribution is 8.02. The Labute approximate surface area is 123 Å². The van der Waals surface area contributed by atoms with Gasteiger partial charge in [0.2, 0.25) is 5.91 Å². The number of amides is 1. The van der Waals surface area contributed by atoms with Gasteiger partial charge >= 0.3 is 5.97 Å². The number of aliphatic carboxylic acids is 1. The van der Waals surface area contributed by atoms with Gasteiger partial charge < -0.3 is 10.4 Å². The molecule has 0 aliphatic carbocycles. The summed E-state index contributed by atoms with van der Waals surface area (Å²) in [6.45, 7) is 3.64. The number of carboxylic acids is 1. The molecule has 0 radical (unpaired) electrons. The van der Waals surface area contributed by atoms with E-state index in [9.17, 15) is 18.0 Å². The Morgan fingerprint density at radius 3 is 2.55 bits per heavy atom. The van der Waals surface area contributed by atoms with Crippen molar-refractivity contribution in [3.8, 4) is 0 Å². The van der Waals surface area contributed by atoms with Crippen LogP contribution < -0.4 is 5.32 Å². The lowest BCUT2D eigenvalue weighted by atomic mass is 9.99. The number of hydrogen-bond acceptors (Lipinski definition) is 5. The predicted octanol–water partition coefficient (Wildman–Crippen LogP) is 0.522. The first kappa shape index (κ1) is 17.3. The molecule has 1 aliphatic rings. The largest absolute Gasteiger partial charge is 0.480 e. The van der Waals surface area contributed by atoms with E-state index >= 15 is 0 Å². The molecule has 0 aromatic heterocycles. The van der Waals surface area contributed by atoms with Crippen LogP contribution in [0.1, 0.15) is 26.7 Å². The normalized spacial score (nSPS) is 24.0. The minimum absolute atomic E-state index is 0.0578. The van der Waals surface area contributed by atoms with Gasteiger partial charge in [0.25, 0.3) is 0 Å². The van der Waals surface area contributed by atoms with Gasteiger partial charge in [-0.3, -0.25) is 4.79 Å². The van der Waals surface area contributed by atoms with Crippen molar-refractivity contribution < 1.29 is 23.1 Å². The van der Waals surface area contributed by atoms with Gasteiger partial charge in [0.15, 0.2) is 9.84 Å². The number of nitrogens with one attached hydrogen (secondary N) is 1. The third-order valence-electron chi connectivity index (χ3n) is 3.44. The van der Waals surface area contributed by atoms with E-state index in [2.05, 4.69) is 5.32 Å². The maximum Gasteiger partial charge on any atom is 0.326 e. The molecule has 1 heterocycles. The van der Waals surface area contributed by atoms with Crippen LogP contribution in [0.3, 0.4) is 0 Å². The number of carboxylic acid groups (broad SMARTS) is 1. The second kappa shape index (κ2) is 7.31. The number of hydrogen-bond donors (Lipinski definition) is 2. The van der Waals surface area contributed by atoms with Crippen LogP contribution in [0.15, 0.2) is 0 Å². The Kier molecular flexibility index (Phi) is 6.32. The first-order valence-electron chi connectivity index (χ1n) is 6.59. The quantitative estimate of drug-likeness (QED) is 0.708. The van der Waals surface area contributed by atoms with E-state index in [1.165, 1.54) is 11.8 Å². The smallest absolute Gasteiger partial charge is 0.326 e. The standard InChI is InChI=1S/C12H21NO5S2/c1-3-8(2)11(12(15)16)13-10(14)6-19-9-4-5-20(17,18)7-9/h8-9,11H,3-7H2,1-2H3,(H,13,14)(H,15,16)/t8?,9?,11-/m0/s1. The third kappa shape index (κ3) is 5.32. The number of carbonyl (C=O) groups excluding carboxylic acids is 1. The van der Waals surface area contributed by atoms with Gasteiger partial charge in [0, 0.05) is 5.25 Å². The second-order valence-corrected chi connectivity index (χ2v) is 8.62. The van der Waals surface area contributed by atoms with Crippen molar-refractivity contribution in [2.75, 3.05) is 17.3 Å². The summed E-state index contributed by atoms with van der Waals surface area (Å²) in [5.74, 6) is -1.16. The van der Waals surface area contributed by atoms with E-state index < -0.39 is 21.8 Å². The minimum atomic E-state index is -2.94. The van der Waals surface area contributed by atoms with E-state index in [0.717, 1.165) is 0 Å². The number of sulfone groups is 1. The van der Waals surface area contributed by atoms with Crippen LogP contribution in [-0.4, -0.2) is 54.0 Å². The van der Waals surface area contributed by atoms with E-state index in [4.69, 9.17) is 5.11 Å². The molecular weight excluding hydrogens is 302 g/mol. The van der Waals surface area contributed by atoms with Crippen LogP contribution in [-0.2, 0) is 19.4 Å². The van der Waals surface area contributed by atoms with Crippen molar-refractivity contribution in [3.05, 3.63) is 0 Å². The topological polar surface area (TPSA) is 101 Å². The first-order chi connectivity index (χ1) is 9.25. The summed E-state index contributed by atoms with van der Waals surface area (Å²) in [7, 11) is -2.94. The van der Waals surface area contributed by atoms with Crippen molar-refractivity contribution in [1.82, 2.24) is 5.32 Å². The lowest BCUT2D eigenvalue weighted by Crippen LogP contribution is -2.45. The zero-order valence-electron chi connectivity index (χ0n) is 11.7. The Bertz CT molecular complexity index is 462. The molecule has 1 saturated heterocycles. The molecule has 1 fully saturated rings. The summed E-state index contributed by atoms with van der Waals surface area (Å²) < 4.78 is 22.6. The van der Waals surface area contributed by atoms with Crippen LogP contribution in [0.25, 0.3) is 0 Å². The molecular formula is C12H21NO5S2. The molecule has 1 aliphatic heterocycles. The summed E-state index contributed by atoms with van der Waals surface area (Å²) in [6.07, 6.45) is 1.22. The molecule has 116 valence electrons. The van der Waals surface area contributed by atoms with Crippen LogP contribution >= 0.6 is 11.8 Å². The molecule has 0 bridgehead atoms. The Morgan fingerprint density at radius 2 is 2.10 bits per heavy atom. The van der Waals surface area contributed by atoms with E-state index in [1.807, 2.05) is 6.92 Å². The molecule has 1 amide bonds. The maximum atomic E-state index is 11.8. The fourth-order valence-corrected chi connectivity index (χ4v) is 5.44. The van der Waals surface area contributed by atoms with Gasteiger partial charge in [-0.05, 0) is 12.3 Å². The molecule has 3 atom stereocenters. The Hall–Kier alpha value is -0.760. The van der Waals surface area contributed by atoms with Crippen molar-refractivity contribution >= 4 is 33.5 Å². The van der Waals surface area contributed by atoms with Crippen molar-refractivity contribution in [1.29, 1.82) is 0 Å². The lowest BCUT2D eigenvalue weighted by Gasteiger charge is -2.20. The summed E-state index contributed by atoms with van der Waals surface area (Å²) in [6, 6.07) is -0.889. The highest BCUT2D eigenvalue weighted by atomic mass is 32.2. The maximum absolute atomic E-state index is 11.8. The van der Waals surface area contributed by atoms with Crippen LogP contribution in [0, 0.1) is 5.92 Å². The summed E-state index contributed by atoms with van der Waals surface area (Å²) in [4.78, 5) is 22.8. The molecule has 0 spiro atoms. The zero-order valence-corrected chi connectivity index (χ0v) is 13.3. The number of carbonyl (C=O) groups is 2. The van der Waals surface area contributed by atoms with Gasteiger partial charge in [-0.15, -0.1) is 11.8 Å². The zero-order chi connectivity index (χ0) is 15.3. The van der Waals surface area contributed by atoms with Crippen LogP contribution in [0.2, 0.25) is 0 Å². The fourth-order valence-electron chi connectivity index (χ4n) is 1.98. The van der Waals surface area contributed by atoms with E-state index in [-0.39, 0.29) is 34.3 Å². The van der Waals surface area contributed by atoms with Crippen molar-refractivity contribution in [3.63, 3.8) is 0 Å². The van der Waals surface area contributed by atoms with Crippen LogP contribution in [0.4, 0.5) is 0 Å². The highest BCUT2D eigenvalue weighted by Gasteiger charge is 2.29. The molecule has 20 heavy (non-hydrogen) atoms. The minimum Gasteiger partial charge on any atom is -0.480 e. The van der Waals surface area contributed by atoms with Gasteiger partial charge in [-0.1, -0.05) is 20.3 Å². The average molecular weight is 323 g/mol. The Morgan fingerprint density at radius 1 is 1.45 bits per heavy atom. The molecule has 2 N–H and O–H groups in total. The van der Waals surface area contributed by atoms with Gasteiger partial charge in [-0.2, -0.15) is 0 Å². The molecule has 2 unspecified atom stereocenters. The molecule has 1 rings (SSSR count). The summed E-state index contributed by atoms with van der Waals surface area (Å²) in [5, 5.41) is 11.5. The highest BCUT2D eigenvalue weighted by Crippen LogP contribution is 2.24. The lowest BCUT2D eigenvalue weighted by molar-refractivity contribution is -0.143. The third-order valence-corrected chi connectivity index (χ3v) is 6.72. The van der Waals surface area contributed by atoms with E-state index in [1.54, 1.807) is 6.92 Å². The van der Waals surface area contributed by atoms with E-state index in [0.29, 0.717) is 12.8 Å². The summed E-state index contributed by atoms with van der Waals surface area (Å²) >= 11 is 1.28. The molecule has 0 aromatic rings. The molecule has 6 nitrogen and oxygen atoms in total. The number of thioether (sulfide) groups is 1. The SMILES string of the molecule is CCC(C)[C@H](NC(=O)CSC1CCS(=O)(=O)C1)C(=O)O. The number of rotatable bonds is 7. The van der Waals surface area contributed by atoms with Gasteiger partial charge in [0.05, 0.1) is 17.3 Å². The molecule has 0 aromatic carbocycles. The predicted molar refractivity (Wildman–Crippen MR) is 78.5 cm³/mol. The van der Waals surface area contributed by atoms with Gasteiger partial charge in [0.1, 0.15) is 6.04 Å². The van der Waals surface area contributed by atoms with Crippen LogP contribution in [0.5, 0.6) is 0 Å². The fraction of sp³-hybridized carbons (Fsp3) is 0.833. The Balaban J connectivity index is 2.41. The second-order valence-electron chi connectivity index (χ2n) is 5.11. The summed E-state index contributed by atoms with van der Waals surface area (Å²) in [5.41, 5.74) is 0. The molecule has 8 heteroatoms. The van der Waals surface area contributed by atoms with Crippen molar-refractivity contribution in [2.24, 2.45) is 5.92 Å². The molecule has 0 saturated carbocycles. The monoisotopic (exact) mass is 323 g/mol. The first-order valence-corrected chi connectivity index (χ1v) is 9.46. The average Bonchev–Trinajstić information content (AvgIpc) is 2.72.